The summed E-state index contributed by atoms with van der Waals surface area (Å²) in [5.74, 6) is -1.62. The minimum Gasteiger partial charge on any atom is -0.491 e. The van der Waals surface area contributed by atoms with E-state index in [1.807, 2.05) is 98.8 Å². The summed E-state index contributed by atoms with van der Waals surface area (Å²) in [5, 5.41) is 26.6. The van der Waals surface area contributed by atoms with Gasteiger partial charge in [0, 0.05) is 13.1 Å². The van der Waals surface area contributed by atoms with Gasteiger partial charge in [0.15, 0.2) is 0 Å². The number of hydrogen-bond acceptors (Lipinski definition) is 9. The van der Waals surface area contributed by atoms with Gasteiger partial charge in [-0.05, 0) is 47.1 Å². The molecular formula is C40H53N5O8. The zero-order valence-electron chi connectivity index (χ0n) is 30.9. The molecule has 0 aromatic heterocycles. The van der Waals surface area contributed by atoms with Crippen molar-refractivity contribution in [1.29, 1.82) is 0 Å². The number of rotatable bonds is 11. The molecule has 2 unspecified atom stereocenters. The first kappa shape index (κ1) is 40.8. The lowest BCUT2D eigenvalue weighted by atomic mass is 9.93. The second-order valence-corrected chi connectivity index (χ2v) is 13.7. The molecule has 5 atom stereocenters. The van der Waals surface area contributed by atoms with E-state index in [-0.39, 0.29) is 44.6 Å². The van der Waals surface area contributed by atoms with Crippen LogP contribution in [0.2, 0.25) is 0 Å². The molecule has 1 heterocycles. The molecule has 3 aromatic carbocycles. The van der Waals surface area contributed by atoms with E-state index in [9.17, 15) is 24.3 Å². The Kier molecular flexibility index (Phi) is 16.1. The number of carbonyl (C=O) groups is 4. The summed E-state index contributed by atoms with van der Waals surface area (Å²) in [5.41, 5.74) is 2.36. The zero-order valence-corrected chi connectivity index (χ0v) is 30.9. The predicted octanol–water partition coefficient (Wildman–Crippen LogP) is 2.85. The highest BCUT2D eigenvalue weighted by atomic mass is 16.5. The average molecular weight is 732 g/mol. The summed E-state index contributed by atoms with van der Waals surface area (Å²) < 4.78 is 16.8. The van der Waals surface area contributed by atoms with E-state index in [0.29, 0.717) is 19.0 Å². The fourth-order valence-electron chi connectivity index (χ4n) is 5.85. The lowest BCUT2D eigenvalue weighted by Crippen LogP contribution is -2.63. The van der Waals surface area contributed by atoms with Gasteiger partial charge in [-0.3, -0.25) is 19.7 Å². The van der Waals surface area contributed by atoms with Crippen LogP contribution in [-0.2, 0) is 43.4 Å². The third-order valence-electron chi connectivity index (χ3n) is 8.81. The number of ether oxygens (including phenoxy) is 3. The molecular weight excluding hydrogens is 678 g/mol. The fourth-order valence-corrected chi connectivity index (χ4v) is 5.85. The van der Waals surface area contributed by atoms with Crippen LogP contribution in [0.3, 0.4) is 0 Å². The van der Waals surface area contributed by atoms with E-state index >= 15 is 0 Å². The first-order chi connectivity index (χ1) is 25.5. The topological polar surface area (TPSA) is 176 Å². The van der Waals surface area contributed by atoms with E-state index in [1.165, 1.54) is 0 Å². The molecule has 13 nitrogen and oxygen atoms in total. The summed E-state index contributed by atoms with van der Waals surface area (Å²) in [4.78, 5) is 54.2. The van der Waals surface area contributed by atoms with Crippen molar-refractivity contribution in [3.05, 3.63) is 102 Å². The Morgan fingerprint density at radius 1 is 0.849 bits per heavy atom. The second kappa shape index (κ2) is 20.9. The average Bonchev–Trinajstić information content (AvgIpc) is 3.14. The molecule has 6 N–H and O–H groups in total. The Morgan fingerprint density at radius 3 is 2.23 bits per heavy atom. The van der Waals surface area contributed by atoms with Crippen molar-refractivity contribution < 1.29 is 38.5 Å². The number of aliphatic hydroxyl groups is 1. The quantitative estimate of drug-likeness (QED) is 0.173. The first-order valence-corrected chi connectivity index (χ1v) is 18.1. The van der Waals surface area contributed by atoms with Crippen LogP contribution in [0, 0.1) is 11.8 Å². The molecule has 0 radical (unpaired) electrons. The summed E-state index contributed by atoms with van der Waals surface area (Å²) in [6, 6.07) is 21.5. The Bertz CT molecular complexity index is 1610. The van der Waals surface area contributed by atoms with Crippen molar-refractivity contribution in [2.45, 2.75) is 77.5 Å². The maximum absolute atomic E-state index is 14.2. The normalized spacial score (nSPS) is 19.1. The van der Waals surface area contributed by atoms with Gasteiger partial charge in [-0.25, -0.2) is 4.79 Å². The highest BCUT2D eigenvalue weighted by molar-refractivity contribution is 5.90. The number of fused-ring (bicyclic) bond motifs is 2. The van der Waals surface area contributed by atoms with Gasteiger partial charge in [0.05, 0.1) is 25.4 Å². The van der Waals surface area contributed by atoms with Gasteiger partial charge in [0.1, 0.15) is 37.1 Å². The monoisotopic (exact) mass is 731 g/mol. The molecule has 4 amide bonds. The van der Waals surface area contributed by atoms with Crippen LogP contribution in [-0.4, -0.2) is 85.6 Å². The third-order valence-corrected chi connectivity index (χ3v) is 8.81. The SMILES string of the molecule is CC(C)C1NC(=O)[C@@H](C(O)[C@H](Cc2ccccc2)NC(=O)[C@@H](NC(=O)OCc2ccccc2)C(C)C)NCc2cccc(c2)OCCOCCNC1=O. The molecule has 4 rings (SSSR count). The molecule has 0 spiro atoms. The standard InChI is InChI=1S/C40H53N5O8/c1-26(2)33-37(47)41-18-19-51-20-21-52-31-17-11-16-30(22-31)24-42-35(39(49)44-33)36(46)32(23-28-12-7-5-8-13-28)43-38(48)34(27(3)4)45-40(50)53-25-29-14-9-6-10-15-29/h5-17,22,26-27,32-36,42,46H,18-21,23-25H2,1-4H3,(H,41,47)(H,43,48)(H,44,49)(H,45,50)/t32-,33?,34-,35+,36?/m0/s1. The van der Waals surface area contributed by atoms with Crippen LogP contribution in [0.25, 0.3) is 0 Å². The maximum Gasteiger partial charge on any atom is 0.408 e. The molecule has 286 valence electrons. The molecule has 0 saturated heterocycles. The number of hydrogen-bond donors (Lipinski definition) is 6. The molecule has 0 saturated carbocycles. The van der Waals surface area contributed by atoms with Gasteiger partial charge < -0.3 is 40.6 Å². The van der Waals surface area contributed by atoms with Crippen LogP contribution in [0.15, 0.2) is 84.9 Å². The lowest BCUT2D eigenvalue weighted by molar-refractivity contribution is -0.134. The Hall–Kier alpha value is -4.98. The summed E-state index contributed by atoms with van der Waals surface area (Å²) >= 11 is 0. The minimum atomic E-state index is -1.50. The number of carbonyl (C=O) groups excluding carboxylic acids is 4. The predicted molar refractivity (Wildman–Crippen MR) is 200 cm³/mol. The van der Waals surface area contributed by atoms with E-state index in [1.54, 1.807) is 13.8 Å². The van der Waals surface area contributed by atoms with Crippen molar-refractivity contribution in [3.63, 3.8) is 0 Å². The minimum absolute atomic E-state index is 0.0229. The lowest BCUT2D eigenvalue weighted by Gasteiger charge is -2.33. The van der Waals surface area contributed by atoms with Crippen molar-refractivity contribution in [3.8, 4) is 5.75 Å². The number of alkyl carbamates (subject to hydrolysis) is 1. The number of benzene rings is 3. The fraction of sp³-hybridized carbons (Fsp3) is 0.450. The van der Waals surface area contributed by atoms with E-state index in [4.69, 9.17) is 14.2 Å². The van der Waals surface area contributed by atoms with E-state index in [2.05, 4.69) is 26.6 Å². The van der Waals surface area contributed by atoms with Crippen LogP contribution in [0.1, 0.15) is 44.4 Å². The van der Waals surface area contributed by atoms with Gasteiger partial charge >= 0.3 is 6.09 Å². The molecule has 2 bridgehead atoms. The Morgan fingerprint density at radius 2 is 1.55 bits per heavy atom. The summed E-state index contributed by atoms with van der Waals surface area (Å²) in [6.45, 7) is 8.48. The Balaban J connectivity index is 1.61. The van der Waals surface area contributed by atoms with Crippen molar-refractivity contribution in [2.24, 2.45) is 11.8 Å². The summed E-state index contributed by atoms with van der Waals surface area (Å²) in [6.07, 6.45) is -2.12. The van der Waals surface area contributed by atoms with Gasteiger partial charge in [-0.1, -0.05) is 100 Å². The highest BCUT2D eigenvalue weighted by Gasteiger charge is 2.38. The molecule has 3 aromatic rings. The number of aliphatic hydroxyl groups excluding tert-OH is 1. The Labute approximate surface area is 311 Å². The van der Waals surface area contributed by atoms with Gasteiger partial charge in [0.25, 0.3) is 0 Å². The van der Waals surface area contributed by atoms with Crippen LogP contribution in [0.5, 0.6) is 5.75 Å². The van der Waals surface area contributed by atoms with Gasteiger partial charge in [-0.2, -0.15) is 0 Å². The van der Waals surface area contributed by atoms with Crippen LogP contribution >= 0.6 is 0 Å². The van der Waals surface area contributed by atoms with Gasteiger partial charge in [-0.15, -0.1) is 0 Å². The van der Waals surface area contributed by atoms with Crippen LogP contribution < -0.4 is 31.3 Å². The smallest absolute Gasteiger partial charge is 0.408 e. The number of amides is 4. The largest absolute Gasteiger partial charge is 0.491 e. The van der Waals surface area contributed by atoms with Gasteiger partial charge in [0.2, 0.25) is 17.7 Å². The van der Waals surface area contributed by atoms with E-state index in [0.717, 1.165) is 16.7 Å². The molecule has 53 heavy (non-hydrogen) atoms. The summed E-state index contributed by atoms with van der Waals surface area (Å²) in [7, 11) is 0. The molecule has 1 aliphatic rings. The molecule has 1 aliphatic heterocycles. The van der Waals surface area contributed by atoms with Crippen molar-refractivity contribution in [1.82, 2.24) is 26.6 Å². The van der Waals surface area contributed by atoms with E-state index < -0.39 is 54.1 Å². The second-order valence-electron chi connectivity index (χ2n) is 13.7. The number of nitrogens with one attached hydrogen (secondary N) is 5. The molecule has 0 aliphatic carbocycles. The highest BCUT2D eigenvalue weighted by Crippen LogP contribution is 2.16. The third kappa shape index (κ3) is 13.2. The molecule has 13 heteroatoms. The maximum atomic E-state index is 14.2. The van der Waals surface area contributed by atoms with Crippen molar-refractivity contribution >= 4 is 23.8 Å². The zero-order chi connectivity index (χ0) is 38.2. The first-order valence-electron chi connectivity index (χ1n) is 18.1. The van der Waals surface area contributed by atoms with Crippen molar-refractivity contribution in [2.75, 3.05) is 26.4 Å². The van der Waals surface area contributed by atoms with Crippen LogP contribution in [0.4, 0.5) is 4.79 Å². The molecule has 0 fully saturated rings.